The fourth-order valence-corrected chi connectivity index (χ4v) is 1.36. The molecule has 1 atom stereocenters. The van der Waals surface area contributed by atoms with Crippen molar-refractivity contribution in [1.29, 1.82) is 0 Å². The fraction of sp³-hybridized carbons (Fsp3) is 0.364. The van der Waals surface area contributed by atoms with E-state index in [1.54, 1.807) is 19.2 Å². The van der Waals surface area contributed by atoms with Crippen LogP contribution in [0.15, 0.2) is 24.3 Å². The Hall–Kier alpha value is -1.20. The number of aliphatic hydroxyl groups is 1. The zero-order chi connectivity index (χ0) is 12.0. The van der Waals surface area contributed by atoms with Gasteiger partial charge >= 0.3 is 0 Å². The first-order chi connectivity index (χ1) is 7.63. The molecule has 0 saturated carbocycles. The molecule has 5 heteroatoms. The number of thiocarbonyl (C=S) groups is 1. The van der Waals surface area contributed by atoms with Gasteiger partial charge in [-0.1, -0.05) is 12.1 Å². The lowest BCUT2D eigenvalue weighted by Crippen LogP contribution is -2.33. The maximum absolute atomic E-state index is 12.6. The Morgan fingerprint density at radius 1 is 1.44 bits per heavy atom. The smallest absolute Gasteiger partial charge is 0.166 e. The van der Waals surface area contributed by atoms with E-state index < -0.39 is 6.10 Å². The molecule has 3 nitrogen and oxygen atoms in total. The Morgan fingerprint density at radius 3 is 2.62 bits per heavy atom. The molecule has 16 heavy (non-hydrogen) atoms. The SMILES string of the molecule is CNC(=S)NCC[C@H](O)c1ccc(F)cc1. The van der Waals surface area contributed by atoms with Crippen molar-refractivity contribution in [2.75, 3.05) is 13.6 Å². The molecule has 1 rings (SSSR count). The predicted octanol–water partition coefficient (Wildman–Crippen LogP) is 1.34. The van der Waals surface area contributed by atoms with Crippen molar-refractivity contribution in [3.63, 3.8) is 0 Å². The summed E-state index contributed by atoms with van der Waals surface area (Å²) in [7, 11) is 1.73. The molecule has 1 aromatic carbocycles. The second-order valence-corrected chi connectivity index (χ2v) is 3.77. The highest BCUT2D eigenvalue weighted by Crippen LogP contribution is 2.15. The second-order valence-electron chi connectivity index (χ2n) is 3.36. The van der Waals surface area contributed by atoms with E-state index in [9.17, 15) is 9.50 Å². The van der Waals surface area contributed by atoms with Crippen LogP contribution in [0.4, 0.5) is 4.39 Å². The molecule has 0 aromatic heterocycles. The zero-order valence-corrected chi connectivity index (χ0v) is 9.85. The number of hydrogen-bond acceptors (Lipinski definition) is 2. The molecule has 0 aliphatic heterocycles. The van der Waals surface area contributed by atoms with Crippen molar-refractivity contribution in [3.8, 4) is 0 Å². The minimum Gasteiger partial charge on any atom is -0.388 e. The predicted molar refractivity (Wildman–Crippen MR) is 65.6 cm³/mol. The quantitative estimate of drug-likeness (QED) is 0.697. The van der Waals surface area contributed by atoms with Crippen LogP contribution in [-0.4, -0.2) is 23.8 Å². The summed E-state index contributed by atoms with van der Waals surface area (Å²) < 4.78 is 12.6. The Balaban J connectivity index is 2.37. The summed E-state index contributed by atoms with van der Waals surface area (Å²) in [5, 5.41) is 16.0. The van der Waals surface area contributed by atoms with Crippen LogP contribution in [0.2, 0.25) is 0 Å². The van der Waals surface area contributed by atoms with Crippen LogP contribution in [0.25, 0.3) is 0 Å². The van der Waals surface area contributed by atoms with Gasteiger partial charge in [0.1, 0.15) is 5.82 Å². The third-order valence-corrected chi connectivity index (χ3v) is 2.53. The largest absolute Gasteiger partial charge is 0.388 e. The van der Waals surface area contributed by atoms with E-state index in [4.69, 9.17) is 12.2 Å². The molecular formula is C11H15FN2OS. The Morgan fingerprint density at radius 2 is 2.06 bits per heavy atom. The summed E-state index contributed by atoms with van der Waals surface area (Å²) in [6.07, 6.45) is -0.0826. The van der Waals surface area contributed by atoms with Crippen LogP contribution in [0.5, 0.6) is 0 Å². The molecule has 0 aliphatic rings. The van der Waals surface area contributed by atoms with Gasteiger partial charge in [-0.15, -0.1) is 0 Å². The van der Waals surface area contributed by atoms with Gasteiger partial charge in [0.05, 0.1) is 6.10 Å². The highest BCUT2D eigenvalue weighted by Gasteiger charge is 2.07. The topological polar surface area (TPSA) is 44.3 Å². The molecule has 0 spiro atoms. The number of halogens is 1. The van der Waals surface area contributed by atoms with Crippen molar-refractivity contribution in [2.45, 2.75) is 12.5 Å². The van der Waals surface area contributed by atoms with Gasteiger partial charge in [0, 0.05) is 13.6 Å². The lowest BCUT2D eigenvalue weighted by Gasteiger charge is -2.12. The van der Waals surface area contributed by atoms with Gasteiger partial charge in [0.2, 0.25) is 0 Å². The van der Waals surface area contributed by atoms with Gasteiger partial charge in [0.25, 0.3) is 0 Å². The molecule has 0 fully saturated rings. The van der Waals surface area contributed by atoms with Gasteiger partial charge in [-0.2, -0.15) is 0 Å². The molecule has 0 saturated heterocycles. The first kappa shape index (κ1) is 12.9. The number of hydrogen-bond donors (Lipinski definition) is 3. The highest BCUT2D eigenvalue weighted by atomic mass is 32.1. The van der Waals surface area contributed by atoms with E-state index >= 15 is 0 Å². The summed E-state index contributed by atoms with van der Waals surface area (Å²) in [6.45, 7) is 0.568. The third kappa shape index (κ3) is 4.12. The van der Waals surface area contributed by atoms with Crippen LogP contribution < -0.4 is 10.6 Å². The number of nitrogens with one attached hydrogen (secondary N) is 2. The molecule has 0 aliphatic carbocycles. The molecule has 3 N–H and O–H groups in total. The van der Waals surface area contributed by atoms with Gasteiger partial charge in [-0.05, 0) is 36.3 Å². The molecule has 0 unspecified atom stereocenters. The molecule has 0 radical (unpaired) electrons. The van der Waals surface area contributed by atoms with E-state index in [0.29, 0.717) is 23.6 Å². The lowest BCUT2D eigenvalue weighted by atomic mass is 10.1. The normalized spacial score (nSPS) is 11.9. The second kappa shape index (κ2) is 6.40. The zero-order valence-electron chi connectivity index (χ0n) is 9.03. The van der Waals surface area contributed by atoms with Crippen molar-refractivity contribution >= 4 is 17.3 Å². The van der Waals surface area contributed by atoms with Crippen LogP contribution >= 0.6 is 12.2 Å². The summed E-state index contributed by atoms with van der Waals surface area (Å²) in [5.41, 5.74) is 0.707. The van der Waals surface area contributed by atoms with E-state index in [0.717, 1.165) is 0 Å². The number of benzene rings is 1. The van der Waals surface area contributed by atoms with Gasteiger partial charge in [-0.25, -0.2) is 4.39 Å². The lowest BCUT2D eigenvalue weighted by molar-refractivity contribution is 0.168. The maximum atomic E-state index is 12.6. The van der Waals surface area contributed by atoms with Crippen LogP contribution in [0.1, 0.15) is 18.1 Å². The van der Waals surface area contributed by atoms with Crippen LogP contribution in [0.3, 0.4) is 0 Å². The van der Waals surface area contributed by atoms with E-state index in [2.05, 4.69) is 10.6 Å². The van der Waals surface area contributed by atoms with E-state index in [1.165, 1.54) is 12.1 Å². The molecular weight excluding hydrogens is 227 g/mol. The van der Waals surface area contributed by atoms with Crippen molar-refractivity contribution in [3.05, 3.63) is 35.6 Å². The Bertz CT molecular complexity index is 342. The number of aliphatic hydroxyl groups excluding tert-OH is 1. The maximum Gasteiger partial charge on any atom is 0.166 e. The summed E-state index contributed by atoms with van der Waals surface area (Å²) >= 11 is 4.89. The summed E-state index contributed by atoms with van der Waals surface area (Å²) in [6, 6.07) is 5.83. The fourth-order valence-electron chi connectivity index (χ4n) is 1.26. The molecule has 0 heterocycles. The van der Waals surface area contributed by atoms with E-state index in [-0.39, 0.29) is 5.82 Å². The Kier molecular flexibility index (Phi) is 5.14. The standard InChI is InChI=1S/C11H15FN2OS/c1-13-11(16)14-7-6-10(15)8-2-4-9(12)5-3-8/h2-5,10,15H,6-7H2,1H3,(H2,13,14,16)/t10-/m0/s1. The Labute approximate surface area is 99.7 Å². The monoisotopic (exact) mass is 242 g/mol. The third-order valence-electron chi connectivity index (χ3n) is 2.19. The van der Waals surface area contributed by atoms with Gasteiger partial charge < -0.3 is 15.7 Å². The molecule has 0 bridgehead atoms. The summed E-state index contributed by atoms with van der Waals surface area (Å²) in [5.74, 6) is -0.301. The van der Waals surface area contributed by atoms with Crippen LogP contribution in [-0.2, 0) is 0 Å². The average Bonchev–Trinajstić information content (AvgIpc) is 2.29. The van der Waals surface area contributed by atoms with Crippen molar-refractivity contribution in [1.82, 2.24) is 10.6 Å². The number of rotatable bonds is 4. The molecule has 88 valence electrons. The minimum absolute atomic E-state index is 0.301. The molecule has 1 aromatic rings. The van der Waals surface area contributed by atoms with Crippen molar-refractivity contribution in [2.24, 2.45) is 0 Å². The first-order valence-electron chi connectivity index (χ1n) is 5.02. The highest BCUT2D eigenvalue weighted by molar-refractivity contribution is 7.80. The first-order valence-corrected chi connectivity index (χ1v) is 5.43. The van der Waals surface area contributed by atoms with Gasteiger partial charge in [-0.3, -0.25) is 0 Å². The molecule has 0 amide bonds. The van der Waals surface area contributed by atoms with Crippen molar-refractivity contribution < 1.29 is 9.50 Å². The minimum atomic E-state index is -0.604. The van der Waals surface area contributed by atoms with E-state index in [1.807, 2.05) is 0 Å². The van der Waals surface area contributed by atoms with Crippen LogP contribution in [0, 0.1) is 5.82 Å². The average molecular weight is 242 g/mol. The van der Waals surface area contributed by atoms with Gasteiger partial charge in [0.15, 0.2) is 5.11 Å². The summed E-state index contributed by atoms with van der Waals surface area (Å²) in [4.78, 5) is 0.